The van der Waals surface area contributed by atoms with Crippen LogP contribution < -0.4 is 10.1 Å². The molecule has 1 atom stereocenters. The molecule has 1 fully saturated rings. The second kappa shape index (κ2) is 6.41. The molecule has 2 aromatic rings. The molecular weight excluding hydrogens is 264 g/mol. The third kappa shape index (κ3) is 3.17. The SMILES string of the molecule is COc1ccc2nccc([C@@H](O)CC3CCNCC3)c2c1. The predicted octanol–water partition coefficient (Wildman–Crippen LogP) is 2.67. The lowest BCUT2D eigenvalue weighted by Crippen LogP contribution is -2.28. The van der Waals surface area contributed by atoms with Crippen molar-refractivity contribution in [3.63, 3.8) is 0 Å². The maximum Gasteiger partial charge on any atom is 0.119 e. The first-order valence-corrected chi connectivity index (χ1v) is 7.59. The fourth-order valence-electron chi connectivity index (χ4n) is 3.12. The lowest BCUT2D eigenvalue weighted by atomic mass is 9.89. The van der Waals surface area contributed by atoms with Gasteiger partial charge in [0.05, 0.1) is 18.7 Å². The van der Waals surface area contributed by atoms with Crippen molar-refractivity contribution >= 4 is 10.9 Å². The van der Waals surface area contributed by atoms with Gasteiger partial charge in [0.25, 0.3) is 0 Å². The number of hydrogen-bond acceptors (Lipinski definition) is 4. The van der Waals surface area contributed by atoms with Gasteiger partial charge in [-0.15, -0.1) is 0 Å². The number of piperidine rings is 1. The molecule has 1 aromatic carbocycles. The van der Waals surface area contributed by atoms with Gasteiger partial charge in [-0.3, -0.25) is 4.98 Å². The Hall–Kier alpha value is -1.65. The molecule has 2 N–H and O–H groups in total. The number of nitrogens with zero attached hydrogens (tertiary/aromatic N) is 1. The number of aromatic nitrogens is 1. The van der Waals surface area contributed by atoms with Crippen LogP contribution in [0.5, 0.6) is 5.75 Å². The molecule has 0 saturated carbocycles. The first-order valence-electron chi connectivity index (χ1n) is 7.59. The van der Waals surface area contributed by atoms with E-state index < -0.39 is 6.10 Å². The predicted molar refractivity (Wildman–Crippen MR) is 83.5 cm³/mol. The Morgan fingerprint density at radius 3 is 2.90 bits per heavy atom. The van der Waals surface area contributed by atoms with Crippen LogP contribution in [0.25, 0.3) is 10.9 Å². The minimum absolute atomic E-state index is 0.439. The summed E-state index contributed by atoms with van der Waals surface area (Å²) < 4.78 is 5.29. The fraction of sp³-hybridized carbons (Fsp3) is 0.471. The fourth-order valence-corrected chi connectivity index (χ4v) is 3.12. The number of ether oxygens (including phenoxy) is 1. The van der Waals surface area contributed by atoms with Gasteiger partial charge in [0.1, 0.15) is 5.75 Å². The van der Waals surface area contributed by atoms with Gasteiger partial charge in [-0.2, -0.15) is 0 Å². The Bertz CT molecular complexity index is 609. The van der Waals surface area contributed by atoms with Crippen molar-refractivity contribution in [2.75, 3.05) is 20.2 Å². The first-order chi connectivity index (χ1) is 10.3. The topological polar surface area (TPSA) is 54.4 Å². The molecule has 0 aliphatic carbocycles. The lowest BCUT2D eigenvalue weighted by Gasteiger charge is -2.25. The van der Waals surface area contributed by atoms with Crippen LogP contribution in [0.1, 0.15) is 30.9 Å². The molecule has 3 rings (SSSR count). The van der Waals surface area contributed by atoms with Crippen molar-refractivity contribution in [3.05, 3.63) is 36.0 Å². The van der Waals surface area contributed by atoms with E-state index in [0.29, 0.717) is 5.92 Å². The average Bonchev–Trinajstić information content (AvgIpc) is 2.54. The Morgan fingerprint density at radius 1 is 1.33 bits per heavy atom. The molecule has 1 aromatic heterocycles. The molecule has 1 aliphatic rings. The summed E-state index contributed by atoms with van der Waals surface area (Å²) in [5.74, 6) is 1.39. The minimum atomic E-state index is -0.439. The van der Waals surface area contributed by atoms with Crippen LogP contribution in [-0.2, 0) is 0 Å². The van der Waals surface area contributed by atoms with Gasteiger partial charge >= 0.3 is 0 Å². The van der Waals surface area contributed by atoms with Gasteiger partial charge in [-0.1, -0.05) is 0 Å². The first kappa shape index (κ1) is 14.3. The van der Waals surface area contributed by atoms with Gasteiger partial charge in [0, 0.05) is 11.6 Å². The minimum Gasteiger partial charge on any atom is -0.497 e. The molecule has 0 bridgehead atoms. The zero-order chi connectivity index (χ0) is 14.7. The number of pyridine rings is 1. The smallest absolute Gasteiger partial charge is 0.119 e. The van der Waals surface area contributed by atoms with Crippen LogP contribution in [0.4, 0.5) is 0 Å². The van der Waals surface area contributed by atoms with Gasteiger partial charge in [-0.05, 0) is 68.1 Å². The molecule has 0 radical (unpaired) electrons. The maximum atomic E-state index is 10.6. The summed E-state index contributed by atoms with van der Waals surface area (Å²) in [5, 5.41) is 15.0. The summed E-state index contributed by atoms with van der Waals surface area (Å²) in [7, 11) is 1.66. The third-order valence-corrected chi connectivity index (χ3v) is 4.36. The van der Waals surface area contributed by atoms with Crippen molar-refractivity contribution in [1.29, 1.82) is 0 Å². The summed E-state index contributed by atoms with van der Waals surface area (Å²) in [4.78, 5) is 4.37. The van der Waals surface area contributed by atoms with Crippen LogP contribution in [-0.4, -0.2) is 30.3 Å². The van der Waals surface area contributed by atoms with Gasteiger partial charge in [0.2, 0.25) is 0 Å². The average molecular weight is 286 g/mol. The maximum absolute atomic E-state index is 10.6. The van der Waals surface area contributed by atoms with E-state index in [9.17, 15) is 5.11 Å². The molecule has 1 saturated heterocycles. The van der Waals surface area contributed by atoms with Gasteiger partial charge < -0.3 is 15.2 Å². The molecule has 4 heteroatoms. The summed E-state index contributed by atoms with van der Waals surface area (Å²) in [6, 6.07) is 7.73. The highest BCUT2D eigenvalue weighted by Gasteiger charge is 2.20. The van der Waals surface area contributed by atoms with E-state index in [2.05, 4.69) is 10.3 Å². The molecule has 1 aliphatic heterocycles. The molecule has 112 valence electrons. The van der Waals surface area contributed by atoms with E-state index in [-0.39, 0.29) is 0 Å². The van der Waals surface area contributed by atoms with Crippen LogP contribution in [0.3, 0.4) is 0 Å². The Kier molecular flexibility index (Phi) is 4.36. The summed E-state index contributed by atoms with van der Waals surface area (Å²) >= 11 is 0. The van der Waals surface area contributed by atoms with E-state index in [1.165, 1.54) is 0 Å². The number of methoxy groups -OCH3 is 1. The largest absolute Gasteiger partial charge is 0.497 e. The zero-order valence-electron chi connectivity index (χ0n) is 12.4. The summed E-state index contributed by atoms with van der Waals surface area (Å²) in [5.41, 5.74) is 1.86. The van der Waals surface area contributed by atoms with Crippen molar-refractivity contribution in [3.8, 4) is 5.75 Å². The lowest BCUT2D eigenvalue weighted by molar-refractivity contribution is 0.135. The Morgan fingerprint density at radius 2 is 2.14 bits per heavy atom. The number of fused-ring (bicyclic) bond motifs is 1. The highest BCUT2D eigenvalue weighted by molar-refractivity contribution is 5.83. The number of aliphatic hydroxyl groups is 1. The highest BCUT2D eigenvalue weighted by atomic mass is 16.5. The van der Waals surface area contributed by atoms with E-state index in [1.807, 2.05) is 24.3 Å². The van der Waals surface area contributed by atoms with Gasteiger partial charge in [-0.25, -0.2) is 0 Å². The summed E-state index contributed by atoms with van der Waals surface area (Å²) in [6.07, 6.45) is 4.44. The van der Waals surface area contributed by atoms with E-state index in [0.717, 1.165) is 54.6 Å². The van der Waals surface area contributed by atoms with Crippen molar-refractivity contribution in [2.24, 2.45) is 5.92 Å². The van der Waals surface area contributed by atoms with Gasteiger partial charge in [0.15, 0.2) is 0 Å². The van der Waals surface area contributed by atoms with Crippen LogP contribution in [0, 0.1) is 5.92 Å². The Balaban J connectivity index is 1.87. The molecule has 0 amide bonds. The van der Waals surface area contributed by atoms with Crippen LogP contribution in [0.15, 0.2) is 30.5 Å². The van der Waals surface area contributed by atoms with Crippen molar-refractivity contribution in [2.45, 2.75) is 25.4 Å². The molecule has 4 nitrogen and oxygen atoms in total. The third-order valence-electron chi connectivity index (χ3n) is 4.36. The second-order valence-electron chi connectivity index (χ2n) is 5.73. The molecule has 2 heterocycles. The summed E-state index contributed by atoms with van der Waals surface area (Å²) in [6.45, 7) is 2.12. The number of rotatable bonds is 4. The normalized spacial score (nSPS) is 17.8. The Labute approximate surface area is 125 Å². The van der Waals surface area contributed by atoms with Crippen molar-refractivity contribution in [1.82, 2.24) is 10.3 Å². The van der Waals surface area contributed by atoms with Crippen LogP contribution >= 0.6 is 0 Å². The van der Waals surface area contributed by atoms with E-state index in [4.69, 9.17) is 4.74 Å². The second-order valence-corrected chi connectivity index (χ2v) is 5.73. The molecular formula is C17H22N2O2. The quantitative estimate of drug-likeness (QED) is 0.907. The molecule has 0 unspecified atom stereocenters. The number of nitrogens with one attached hydrogen (secondary N) is 1. The molecule has 21 heavy (non-hydrogen) atoms. The van der Waals surface area contributed by atoms with Crippen LogP contribution in [0.2, 0.25) is 0 Å². The number of benzene rings is 1. The standard InChI is InChI=1S/C17H22N2O2/c1-21-13-2-3-16-15(11-13)14(6-9-19-16)17(20)10-12-4-7-18-8-5-12/h2-3,6,9,11-12,17-18,20H,4-5,7-8,10H2,1H3/t17-/m0/s1. The number of aliphatic hydroxyl groups excluding tert-OH is 1. The van der Waals surface area contributed by atoms with Crippen molar-refractivity contribution < 1.29 is 9.84 Å². The highest BCUT2D eigenvalue weighted by Crippen LogP contribution is 2.31. The van der Waals surface area contributed by atoms with E-state index >= 15 is 0 Å². The monoisotopic (exact) mass is 286 g/mol. The van der Waals surface area contributed by atoms with E-state index in [1.54, 1.807) is 13.3 Å². The molecule has 0 spiro atoms. The zero-order valence-corrected chi connectivity index (χ0v) is 12.4. The number of hydrogen-bond donors (Lipinski definition) is 2.